The summed E-state index contributed by atoms with van der Waals surface area (Å²) in [7, 11) is 0. The standard InChI is InChI=1S/C13H26N6.2CH2O2/c1-12(2)7-9(8-13(3,4)19-12)15-6-5-10-16-11(14)18-17-10;2*2-1-3/h9,15,19H,5-8H2,1-4H3,(H3,14,16,17,18);2*1H,(H,2,3). The Balaban J connectivity index is 0.000000844. The maximum Gasteiger partial charge on any atom is 0.290 e. The molecule has 0 bridgehead atoms. The molecular formula is C15H30N6O4. The van der Waals surface area contributed by atoms with E-state index >= 15 is 0 Å². The fourth-order valence-electron chi connectivity index (χ4n) is 3.28. The Kier molecular flexibility index (Phi) is 9.69. The lowest BCUT2D eigenvalue weighted by atomic mass is 9.79. The second-order valence-corrected chi connectivity index (χ2v) is 7.05. The Morgan fingerprint density at radius 2 is 1.68 bits per heavy atom. The van der Waals surface area contributed by atoms with Crippen molar-refractivity contribution in [2.75, 3.05) is 12.3 Å². The van der Waals surface area contributed by atoms with Gasteiger partial charge in [-0.3, -0.25) is 14.7 Å². The number of rotatable bonds is 4. The first kappa shape index (κ1) is 22.8. The molecule has 0 atom stereocenters. The van der Waals surface area contributed by atoms with Crippen LogP contribution in [0.5, 0.6) is 0 Å². The van der Waals surface area contributed by atoms with Crippen molar-refractivity contribution in [2.24, 2.45) is 0 Å². The summed E-state index contributed by atoms with van der Waals surface area (Å²) >= 11 is 0. The van der Waals surface area contributed by atoms with E-state index in [1.54, 1.807) is 0 Å². The first-order chi connectivity index (χ1) is 11.6. The van der Waals surface area contributed by atoms with E-state index in [-0.39, 0.29) is 24.0 Å². The minimum absolute atomic E-state index is 0.177. The van der Waals surface area contributed by atoms with Gasteiger partial charge in [0.05, 0.1) is 0 Å². The zero-order chi connectivity index (χ0) is 19.5. The number of aromatic amines is 1. The van der Waals surface area contributed by atoms with Gasteiger partial charge in [0.1, 0.15) is 5.82 Å². The van der Waals surface area contributed by atoms with Crippen molar-refractivity contribution < 1.29 is 19.8 Å². The van der Waals surface area contributed by atoms with Crippen LogP contribution in [0.15, 0.2) is 0 Å². The molecule has 0 aromatic carbocycles. The maximum absolute atomic E-state index is 8.36. The van der Waals surface area contributed by atoms with Gasteiger partial charge in [-0.2, -0.15) is 4.98 Å². The van der Waals surface area contributed by atoms with Gasteiger partial charge in [-0.1, -0.05) is 0 Å². The topological polar surface area (TPSA) is 166 Å². The molecule has 1 saturated heterocycles. The van der Waals surface area contributed by atoms with Crippen molar-refractivity contribution in [3.05, 3.63) is 5.82 Å². The molecule has 0 spiro atoms. The average Bonchev–Trinajstić information content (AvgIpc) is 2.82. The molecule has 7 N–H and O–H groups in total. The third-order valence-corrected chi connectivity index (χ3v) is 3.53. The van der Waals surface area contributed by atoms with Gasteiger partial charge >= 0.3 is 0 Å². The summed E-state index contributed by atoms with van der Waals surface area (Å²) < 4.78 is 0. The molecule has 1 aliphatic heterocycles. The van der Waals surface area contributed by atoms with Crippen molar-refractivity contribution in [3.8, 4) is 0 Å². The Hall–Kier alpha value is -2.20. The van der Waals surface area contributed by atoms with Gasteiger partial charge in [-0.25, -0.2) is 0 Å². The van der Waals surface area contributed by atoms with Crippen molar-refractivity contribution >= 4 is 18.9 Å². The molecule has 2 rings (SSSR count). The number of carbonyl (C=O) groups is 2. The molecule has 1 aliphatic rings. The van der Waals surface area contributed by atoms with Gasteiger partial charge in [0, 0.05) is 30.1 Å². The van der Waals surface area contributed by atoms with Crippen molar-refractivity contribution in [1.82, 2.24) is 25.8 Å². The first-order valence-electron chi connectivity index (χ1n) is 7.94. The molecule has 0 aliphatic carbocycles. The van der Waals surface area contributed by atoms with Crippen molar-refractivity contribution in [1.29, 1.82) is 0 Å². The number of nitrogens with two attached hydrogens (primary N) is 1. The number of piperidine rings is 1. The zero-order valence-corrected chi connectivity index (χ0v) is 15.2. The highest BCUT2D eigenvalue weighted by Crippen LogP contribution is 2.28. The van der Waals surface area contributed by atoms with E-state index in [1.165, 1.54) is 0 Å². The van der Waals surface area contributed by atoms with Gasteiger partial charge in [0.25, 0.3) is 12.9 Å². The van der Waals surface area contributed by atoms with E-state index in [0.717, 1.165) is 31.6 Å². The summed E-state index contributed by atoms with van der Waals surface area (Å²) in [5.41, 5.74) is 5.84. The molecule has 2 heterocycles. The predicted molar refractivity (Wildman–Crippen MR) is 94.2 cm³/mol. The first-order valence-corrected chi connectivity index (χ1v) is 7.94. The van der Waals surface area contributed by atoms with Crippen LogP contribution in [-0.2, 0) is 16.0 Å². The number of aromatic nitrogens is 3. The van der Waals surface area contributed by atoms with Gasteiger partial charge in [0.15, 0.2) is 0 Å². The highest BCUT2D eigenvalue weighted by atomic mass is 16.3. The van der Waals surface area contributed by atoms with E-state index in [4.69, 9.17) is 25.5 Å². The second kappa shape index (κ2) is 10.6. The molecule has 0 radical (unpaired) electrons. The summed E-state index contributed by atoms with van der Waals surface area (Å²) in [5.74, 6) is 1.16. The van der Waals surface area contributed by atoms with Crippen LogP contribution in [0.2, 0.25) is 0 Å². The lowest BCUT2D eigenvalue weighted by Gasteiger charge is -2.46. The van der Waals surface area contributed by atoms with Crippen LogP contribution < -0.4 is 16.4 Å². The lowest BCUT2D eigenvalue weighted by Crippen LogP contribution is -2.61. The van der Waals surface area contributed by atoms with Crippen LogP contribution in [-0.4, -0.2) is 62.0 Å². The van der Waals surface area contributed by atoms with Crippen LogP contribution >= 0.6 is 0 Å². The normalized spacial score (nSPS) is 18.1. The molecule has 0 unspecified atom stereocenters. The minimum Gasteiger partial charge on any atom is -0.483 e. The van der Waals surface area contributed by atoms with E-state index in [0.29, 0.717) is 12.0 Å². The predicted octanol–water partition coefficient (Wildman–Crippen LogP) is 0.230. The summed E-state index contributed by atoms with van der Waals surface area (Å²) in [6.07, 6.45) is 3.10. The molecule has 25 heavy (non-hydrogen) atoms. The van der Waals surface area contributed by atoms with Crippen LogP contribution in [0.25, 0.3) is 0 Å². The van der Waals surface area contributed by atoms with Crippen molar-refractivity contribution in [2.45, 2.75) is 64.1 Å². The number of H-pyrrole nitrogens is 1. The molecule has 10 heteroatoms. The molecule has 1 fully saturated rings. The van der Waals surface area contributed by atoms with E-state index in [9.17, 15) is 0 Å². The Morgan fingerprint density at radius 1 is 1.20 bits per heavy atom. The number of anilines is 1. The summed E-state index contributed by atoms with van der Waals surface area (Å²) in [5, 5.41) is 27.8. The third-order valence-electron chi connectivity index (χ3n) is 3.53. The maximum atomic E-state index is 8.36. The molecule has 1 aromatic heterocycles. The summed E-state index contributed by atoms with van der Waals surface area (Å²) in [6, 6.07) is 0.534. The fourth-order valence-corrected chi connectivity index (χ4v) is 3.28. The largest absolute Gasteiger partial charge is 0.483 e. The highest BCUT2D eigenvalue weighted by molar-refractivity contribution is 5.33. The number of hydrogen-bond donors (Lipinski definition) is 6. The van der Waals surface area contributed by atoms with Crippen LogP contribution in [0.1, 0.15) is 46.4 Å². The number of nitrogen functional groups attached to an aromatic ring is 1. The third kappa shape index (κ3) is 10.3. The SMILES string of the molecule is CC1(C)CC(NCCc2nc(N)n[nH]2)CC(C)(C)N1.O=CO.O=CO. The molecule has 0 amide bonds. The Morgan fingerprint density at radius 3 is 2.08 bits per heavy atom. The van der Waals surface area contributed by atoms with Crippen LogP contribution in [0, 0.1) is 0 Å². The monoisotopic (exact) mass is 358 g/mol. The van der Waals surface area contributed by atoms with Crippen molar-refractivity contribution in [3.63, 3.8) is 0 Å². The van der Waals surface area contributed by atoms with Crippen LogP contribution in [0.4, 0.5) is 5.95 Å². The number of carboxylic acid groups (broad SMARTS) is 2. The summed E-state index contributed by atoms with van der Waals surface area (Å²) in [6.45, 7) is 9.45. The highest BCUT2D eigenvalue weighted by Gasteiger charge is 2.37. The summed E-state index contributed by atoms with van der Waals surface area (Å²) in [4.78, 5) is 20.8. The Bertz CT molecular complexity index is 496. The second-order valence-electron chi connectivity index (χ2n) is 7.05. The van der Waals surface area contributed by atoms with Gasteiger partial charge < -0.3 is 26.6 Å². The quantitative estimate of drug-likeness (QED) is 0.413. The lowest BCUT2D eigenvalue weighted by molar-refractivity contribution is -0.123. The number of hydrogen-bond acceptors (Lipinski definition) is 7. The zero-order valence-electron chi connectivity index (χ0n) is 15.2. The Labute approximate surface area is 147 Å². The minimum atomic E-state index is -0.250. The van der Waals surface area contributed by atoms with E-state index in [1.807, 2.05) is 0 Å². The smallest absolute Gasteiger partial charge is 0.290 e. The molecule has 10 nitrogen and oxygen atoms in total. The average molecular weight is 358 g/mol. The fraction of sp³-hybridized carbons (Fsp3) is 0.733. The van der Waals surface area contributed by atoms with Gasteiger partial charge in [-0.05, 0) is 40.5 Å². The van der Waals surface area contributed by atoms with Gasteiger partial charge in [0.2, 0.25) is 5.95 Å². The molecule has 1 aromatic rings. The van der Waals surface area contributed by atoms with E-state index in [2.05, 4.69) is 53.5 Å². The van der Waals surface area contributed by atoms with Crippen LogP contribution in [0.3, 0.4) is 0 Å². The molecular weight excluding hydrogens is 328 g/mol. The number of nitrogens with one attached hydrogen (secondary N) is 3. The molecule has 144 valence electrons. The van der Waals surface area contributed by atoms with E-state index < -0.39 is 0 Å². The molecule has 0 saturated carbocycles. The van der Waals surface area contributed by atoms with Gasteiger partial charge in [-0.15, -0.1) is 5.10 Å². The number of nitrogens with zero attached hydrogens (tertiary/aromatic N) is 2.